The van der Waals surface area contributed by atoms with Gasteiger partial charge in [-0.05, 0) is 48.4 Å². The molecule has 246 valence electrons. The van der Waals surface area contributed by atoms with Crippen LogP contribution >= 0.6 is 18.9 Å². The van der Waals surface area contributed by atoms with Crippen LogP contribution in [0, 0.1) is 0 Å². The standard InChI is InChI=1S/C30H33F2N4O8PS/c31-30(32,45(41,42)43)20-8-10-24-19(15-20)16-25(46-24)27(38)34-21(9-11-26(33)37)28(39)36-12-4-7-22(36)29(40)35-13-14-44-23(17-35)18-5-2-1-3-6-18/h1-3,5-6,8,10,15-16,21-23H,4,7,9,11-14,17H2,(H2,33,37)(H,34,38)(H2,41,42,43)/t21?,22-,23-/m0/s1. The molecule has 2 fully saturated rings. The highest BCUT2D eigenvalue weighted by Crippen LogP contribution is 2.59. The van der Waals surface area contributed by atoms with Gasteiger partial charge in [0.2, 0.25) is 17.7 Å². The van der Waals surface area contributed by atoms with E-state index in [1.807, 2.05) is 30.3 Å². The summed E-state index contributed by atoms with van der Waals surface area (Å²) < 4.78 is 46.1. The van der Waals surface area contributed by atoms with Gasteiger partial charge in [0.05, 0.1) is 18.0 Å². The number of amides is 4. The van der Waals surface area contributed by atoms with Crippen LogP contribution in [0.2, 0.25) is 0 Å². The second-order valence-corrected chi connectivity index (χ2v) is 14.0. The van der Waals surface area contributed by atoms with E-state index in [9.17, 15) is 32.5 Å². The van der Waals surface area contributed by atoms with Gasteiger partial charge in [0, 0.05) is 29.8 Å². The molecule has 0 radical (unpaired) electrons. The number of alkyl halides is 2. The summed E-state index contributed by atoms with van der Waals surface area (Å²) in [5, 5.41) is 2.76. The van der Waals surface area contributed by atoms with Crippen molar-refractivity contribution in [3.05, 3.63) is 70.6 Å². The summed E-state index contributed by atoms with van der Waals surface area (Å²) in [6.07, 6.45) is 0.315. The molecule has 1 aromatic heterocycles. The summed E-state index contributed by atoms with van der Waals surface area (Å²) in [7, 11) is -5.80. The van der Waals surface area contributed by atoms with E-state index in [-0.39, 0.29) is 41.7 Å². The summed E-state index contributed by atoms with van der Waals surface area (Å²) in [5.41, 5.74) is 0.934. The van der Waals surface area contributed by atoms with E-state index >= 15 is 0 Å². The molecular weight excluding hydrogens is 645 g/mol. The first kappa shape index (κ1) is 33.6. The van der Waals surface area contributed by atoms with Gasteiger partial charge in [-0.25, -0.2) is 0 Å². The zero-order chi connectivity index (χ0) is 33.2. The van der Waals surface area contributed by atoms with Crippen LogP contribution in [0.15, 0.2) is 54.6 Å². The minimum absolute atomic E-state index is 0.0397. The first-order chi connectivity index (χ1) is 21.8. The van der Waals surface area contributed by atoms with Crippen LogP contribution in [0.4, 0.5) is 8.78 Å². The molecule has 0 aliphatic carbocycles. The zero-order valence-corrected chi connectivity index (χ0v) is 26.2. The third-order valence-electron chi connectivity index (χ3n) is 8.11. The monoisotopic (exact) mass is 678 g/mol. The van der Waals surface area contributed by atoms with E-state index in [1.165, 1.54) is 17.0 Å². The Morgan fingerprint density at radius 3 is 2.54 bits per heavy atom. The van der Waals surface area contributed by atoms with Crippen molar-refractivity contribution in [2.24, 2.45) is 5.73 Å². The van der Waals surface area contributed by atoms with Crippen molar-refractivity contribution in [2.75, 3.05) is 26.2 Å². The number of carbonyl (C=O) groups excluding carboxylic acids is 4. The fourth-order valence-corrected chi connectivity index (χ4v) is 7.12. The molecule has 1 unspecified atom stereocenters. The fraction of sp³-hybridized carbons (Fsp3) is 0.400. The lowest BCUT2D eigenvalue weighted by atomic mass is 10.1. The molecule has 2 aliphatic heterocycles. The number of nitrogens with zero attached hydrogens (tertiary/aromatic N) is 2. The average Bonchev–Trinajstić information content (AvgIpc) is 3.70. The molecule has 2 aliphatic rings. The number of primary amides is 1. The third kappa shape index (κ3) is 7.13. The van der Waals surface area contributed by atoms with E-state index in [1.54, 1.807) is 4.90 Å². The molecule has 2 aromatic carbocycles. The molecule has 16 heteroatoms. The van der Waals surface area contributed by atoms with Gasteiger partial charge in [0.1, 0.15) is 18.2 Å². The van der Waals surface area contributed by atoms with E-state index in [2.05, 4.69) is 5.32 Å². The number of hydrogen-bond acceptors (Lipinski definition) is 7. The summed E-state index contributed by atoms with van der Waals surface area (Å²) >= 11 is 0.925. The van der Waals surface area contributed by atoms with Crippen molar-refractivity contribution in [2.45, 2.75) is 49.5 Å². The molecule has 2 saturated heterocycles. The smallest absolute Gasteiger partial charge is 0.370 e. The number of ether oxygens (including phenoxy) is 1. The van der Waals surface area contributed by atoms with Gasteiger partial charge >= 0.3 is 13.3 Å². The lowest BCUT2D eigenvalue weighted by molar-refractivity contribution is -0.149. The third-order valence-corrected chi connectivity index (χ3v) is 10.2. The SMILES string of the molecule is NC(=O)CCC(NC(=O)c1cc2cc(C(F)(F)P(=O)(O)O)ccc2s1)C(=O)N1CCC[C@H]1C(=O)N1CCO[C@H](c2ccccc2)C1. The first-order valence-electron chi connectivity index (χ1n) is 14.6. The molecule has 0 spiro atoms. The van der Waals surface area contributed by atoms with Crippen LogP contribution in [0.5, 0.6) is 0 Å². The molecule has 5 N–H and O–H groups in total. The van der Waals surface area contributed by atoms with Crippen LogP contribution in [-0.4, -0.2) is 81.5 Å². The number of likely N-dealkylation sites (tertiary alicyclic amines) is 1. The number of fused-ring (bicyclic) bond motifs is 1. The number of nitrogens with one attached hydrogen (secondary N) is 1. The molecule has 12 nitrogen and oxygen atoms in total. The Labute approximate surface area is 266 Å². The van der Waals surface area contributed by atoms with Gasteiger partial charge in [0.15, 0.2) is 0 Å². The van der Waals surface area contributed by atoms with Crippen molar-refractivity contribution in [3.63, 3.8) is 0 Å². The molecule has 0 bridgehead atoms. The maximum absolute atomic E-state index is 14.3. The molecule has 4 amide bonds. The molecule has 3 atom stereocenters. The predicted molar refractivity (Wildman–Crippen MR) is 164 cm³/mol. The number of halogens is 2. The average molecular weight is 679 g/mol. The predicted octanol–water partition coefficient (Wildman–Crippen LogP) is 3.08. The highest BCUT2D eigenvalue weighted by atomic mass is 32.1. The quantitative estimate of drug-likeness (QED) is 0.236. The number of thiophene rings is 1. The van der Waals surface area contributed by atoms with Crippen molar-refractivity contribution >= 4 is 52.6 Å². The van der Waals surface area contributed by atoms with Crippen molar-refractivity contribution in [1.29, 1.82) is 0 Å². The highest BCUT2D eigenvalue weighted by molar-refractivity contribution is 7.52. The van der Waals surface area contributed by atoms with Gasteiger partial charge < -0.3 is 35.4 Å². The molecular formula is C30H33F2N4O8PS. The molecule has 5 rings (SSSR count). The number of carbonyl (C=O) groups is 4. The van der Waals surface area contributed by atoms with Gasteiger partial charge in [-0.1, -0.05) is 36.4 Å². The Kier molecular flexibility index (Phi) is 9.89. The van der Waals surface area contributed by atoms with Gasteiger partial charge in [-0.15, -0.1) is 11.3 Å². The Balaban J connectivity index is 1.32. The minimum Gasteiger partial charge on any atom is -0.370 e. The first-order valence-corrected chi connectivity index (χ1v) is 17.0. The van der Waals surface area contributed by atoms with Crippen molar-refractivity contribution in [3.8, 4) is 0 Å². The number of hydrogen-bond donors (Lipinski definition) is 4. The van der Waals surface area contributed by atoms with E-state index < -0.39 is 48.6 Å². The summed E-state index contributed by atoms with van der Waals surface area (Å²) in [4.78, 5) is 73.8. The molecule has 3 aromatic rings. The normalized spacial score (nSPS) is 19.7. The number of nitrogens with two attached hydrogens (primary N) is 1. The second-order valence-electron chi connectivity index (χ2n) is 11.2. The van der Waals surface area contributed by atoms with Crippen LogP contribution in [0.25, 0.3) is 10.1 Å². The van der Waals surface area contributed by atoms with E-state index in [0.29, 0.717) is 37.2 Å². The molecule has 3 heterocycles. The number of morpholine rings is 1. The highest BCUT2D eigenvalue weighted by Gasteiger charge is 2.50. The maximum Gasteiger partial charge on any atom is 0.399 e. The number of benzene rings is 2. The summed E-state index contributed by atoms with van der Waals surface area (Å²) in [6, 6.07) is 11.8. The zero-order valence-electron chi connectivity index (χ0n) is 24.5. The Hall–Kier alpha value is -3.75. The summed E-state index contributed by atoms with van der Waals surface area (Å²) in [5.74, 6) is -2.21. The molecule has 0 saturated carbocycles. The molecule has 46 heavy (non-hydrogen) atoms. The minimum atomic E-state index is -5.80. The summed E-state index contributed by atoms with van der Waals surface area (Å²) in [6.45, 7) is 1.27. The Morgan fingerprint density at radius 2 is 1.85 bits per heavy atom. The topological polar surface area (TPSA) is 180 Å². The van der Waals surface area contributed by atoms with E-state index in [0.717, 1.165) is 29.0 Å². The van der Waals surface area contributed by atoms with Crippen LogP contribution < -0.4 is 11.1 Å². The van der Waals surface area contributed by atoms with Gasteiger partial charge in [0.25, 0.3) is 5.91 Å². The van der Waals surface area contributed by atoms with Crippen LogP contribution in [0.1, 0.15) is 52.6 Å². The van der Waals surface area contributed by atoms with Crippen molar-refractivity contribution in [1.82, 2.24) is 15.1 Å². The lowest BCUT2D eigenvalue weighted by Gasteiger charge is -2.37. The lowest BCUT2D eigenvalue weighted by Crippen LogP contribution is -2.55. The Morgan fingerprint density at radius 1 is 1.11 bits per heavy atom. The largest absolute Gasteiger partial charge is 0.399 e. The van der Waals surface area contributed by atoms with Gasteiger partial charge in [-0.2, -0.15) is 8.78 Å². The Bertz CT molecular complexity index is 1680. The van der Waals surface area contributed by atoms with Crippen molar-refractivity contribution < 1.29 is 47.0 Å². The second kappa shape index (κ2) is 13.5. The maximum atomic E-state index is 14.3. The van der Waals surface area contributed by atoms with Gasteiger partial charge in [-0.3, -0.25) is 23.7 Å². The van der Waals surface area contributed by atoms with E-state index in [4.69, 9.17) is 20.3 Å². The van der Waals surface area contributed by atoms with Crippen LogP contribution in [-0.2, 0) is 29.3 Å². The van der Waals surface area contributed by atoms with Crippen LogP contribution in [0.3, 0.4) is 0 Å². The fourth-order valence-electron chi connectivity index (χ4n) is 5.70. The number of rotatable bonds is 10.